The Morgan fingerprint density at radius 3 is 1.92 bits per heavy atom. The molecule has 0 atom stereocenters. The van der Waals surface area contributed by atoms with Crippen molar-refractivity contribution in [2.45, 2.75) is 52.4 Å². The highest BCUT2D eigenvalue weighted by Crippen LogP contribution is 2.23. The fourth-order valence-corrected chi connectivity index (χ4v) is 2.49. The van der Waals surface area contributed by atoms with Gasteiger partial charge in [0.15, 0.2) is 29.0 Å². The molecule has 0 saturated carbocycles. The van der Waals surface area contributed by atoms with E-state index >= 15 is 0 Å². The van der Waals surface area contributed by atoms with Crippen LogP contribution in [-0.2, 0) is 20.7 Å². The molecular formula is C16H20F5NO3Si. The second-order valence-corrected chi connectivity index (χ2v) is 10.9. The summed E-state index contributed by atoms with van der Waals surface area (Å²) in [5.74, 6) is -11.1. The number of hydrogen-bond donors (Lipinski definition) is 0. The average Bonchev–Trinajstić information content (AvgIpc) is 2.55. The molecule has 0 radical (unpaired) electrons. The lowest BCUT2D eigenvalue weighted by Crippen LogP contribution is -2.33. The number of carbonyl (C=O) groups is 1. The molecule has 26 heavy (non-hydrogen) atoms. The van der Waals surface area contributed by atoms with Crippen molar-refractivity contribution in [3.05, 3.63) is 34.6 Å². The molecule has 0 aromatic heterocycles. The fourth-order valence-electron chi connectivity index (χ4n) is 1.82. The third kappa shape index (κ3) is 5.79. The normalized spacial score (nSPS) is 12.3. The molecule has 0 N–H and O–H groups in total. The van der Waals surface area contributed by atoms with Crippen LogP contribution in [0.15, 0.2) is 5.16 Å². The van der Waals surface area contributed by atoms with Crippen molar-refractivity contribution >= 4 is 20.0 Å². The van der Waals surface area contributed by atoms with Crippen molar-refractivity contribution in [2.75, 3.05) is 0 Å². The van der Waals surface area contributed by atoms with Crippen molar-refractivity contribution in [2.24, 2.45) is 5.16 Å². The van der Waals surface area contributed by atoms with Gasteiger partial charge in [-0.1, -0.05) is 18.5 Å². The van der Waals surface area contributed by atoms with Gasteiger partial charge in [-0.15, -0.1) is 0 Å². The Bertz CT molecular complexity index is 675. The molecule has 0 spiro atoms. The summed E-state index contributed by atoms with van der Waals surface area (Å²) in [7, 11) is -2.21. The van der Waals surface area contributed by atoms with Crippen molar-refractivity contribution in [3.63, 3.8) is 0 Å². The second kappa shape index (κ2) is 9.11. The lowest BCUT2D eigenvalue weighted by molar-refractivity contribution is -0.128. The summed E-state index contributed by atoms with van der Waals surface area (Å²) >= 11 is 0. The standard InChI is InChI=1S/C16H20F5NO3Si/c1-5-6-7-10(16(23)25-26(2,3)4)22-24-8-9-11(17)13(19)15(21)14(20)12(9)18/h5-8H2,1-4H3. The highest BCUT2D eigenvalue weighted by Gasteiger charge is 2.27. The minimum Gasteiger partial charge on any atom is -0.515 e. The average molecular weight is 397 g/mol. The van der Waals surface area contributed by atoms with Gasteiger partial charge >= 0.3 is 5.97 Å². The van der Waals surface area contributed by atoms with Gasteiger partial charge < -0.3 is 9.26 Å². The molecule has 10 heteroatoms. The van der Waals surface area contributed by atoms with Crippen LogP contribution in [0.2, 0.25) is 19.6 Å². The number of oxime groups is 1. The lowest BCUT2D eigenvalue weighted by Gasteiger charge is -2.17. The van der Waals surface area contributed by atoms with E-state index in [-0.39, 0.29) is 12.1 Å². The molecule has 0 saturated heterocycles. The first-order valence-electron chi connectivity index (χ1n) is 7.92. The van der Waals surface area contributed by atoms with E-state index in [0.29, 0.717) is 6.42 Å². The van der Waals surface area contributed by atoms with Crippen LogP contribution < -0.4 is 0 Å². The molecule has 0 bridgehead atoms. The van der Waals surface area contributed by atoms with Crippen molar-refractivity contribution < 1.29 is 36.0 Å². The first-order valence-corrected chi connectivity index (χ1v) is 11.3. The summed E-state index contributed by atoms with van der Waals surface area (Å²) in [6.07, 6.45) is 1.50. The number of nitrogens with zero attached hydrogens (tertiary/aromatic N) is 1. The second-order valence-electron chi connectivity index (χ2n) is 6.47. The largest absolute Gasteiger partial charge is 0.515 e. The van der Waals surface area contributed by atoms with E-state index in [2.05, 4.69) is 5.16 Å². The van der Waals surface area contributed by atoms with Crippen LogP contribution in [0.25, 0.3) is 0 Å². The topological polar surface area (TPSA) is 47.9 Å². The van der Waals surface area contributed by atoms with Gasteiger partial charge in [0.2, 0.25) is 14.1 Å². The number of unbranched alkanes of at least 4 members (excludes halogenated alkanes) is 1. The highest BCUT2D eigenvalue weighted by atomic mass is 28.4. The number of carbonyl (C=O) groups excluding carboxylic acids is 1. The van der Waals surface area contributed by atoms with Crippen LogP contribution in [0.3, 0.4) is 0 Å². The third-order valence-corrected chi connectivity index (χ3v) is 3.88. The Hall–Kier alpha value is -1.97. The zero-order valence-corrected chi connectivity index (χ0v) is 15.9. The summed E-state index contributed by atoms with van der Waals surface area (Å²) in [6, 6.07) is 0. The molecule has 1 aromatic carbocycles. The molecule has 0 amide bonds. The molecule has 0 aliphatic rings. The Morgan fingerprint density at radius 1 is 0.962 bits per heavy atom. The van der Waals surface area contributed by atoms with Crippen LogP contribution in [0.5, 0.6) is 0 Å². The molecule has 0 aliphatic heterocycles. The third-order valence-electron chi connectivity index (χ3n) is 3.09. The maximum Gasteiger partial charge on any atom is 0.342 e. The van der Waals surface area contributed by atoms with E-state index in [0.717, 1.165) is 6.42 Å². The maximum atomic E-state index is 13.6. The number of halogens is 5. The van der Waals surface area contributed by atoms with Crippen LogP contribution in [0, 0.1) is 29.1 Å². The van der Waals surface area contributed by atoms with Gasteiger partial charge in [0.25, 0.3) is 0 Å². The van der Waals surface area contributed by atoms with E-state index in [4.69, 9.17) is 9.26 Å². The van der Waals surface area contributed by atoms with Crippen molar-refractivity contribution in [3.8, 4) is 0 Å². The van der Waals surface area contributed by atoms with Gasteiger partial charge in [-0.3, -0.25) is 0 Å². The van der Waals surface area contributed by atoms with E-state index in [1.54, 1.807) is 19.6 Å². The first-order chi connectivity index (χ1) is 12.0. The monoisotopic (exact) mass is 397 g/mol. The molecule has 1 rings (SSSR count). The zero-order chi connectivity index (χ0) is 20.1. The van der Waals surface area contributed by atoms with Gasteiger partial charge in [-0.25, -0.2) is 26.7 Å². The van der Waals surface area contributed by atoms with Crippen LogP contribution in [0.4, 0.5) is 22.0 Å². The zero-order valence-electron chi connectivity index (χ0n) is 14.9. The highest BCUT2D eigenvalue weighted by molar-refractivity contribution is 6.72. The predicted octanol–water partition coefficient (Wildman–Crippen LogP) is 4.82. The van der Waals surface area contributed by atoms with E-state index in [9.17, 15) is 26.7 Å². The van der Waals surface area contributed by atoms with Crippen molar-refractivity contribution in [1.29, 1.82) is 0 Å². The SMILES string of the molecule is CCCCC(=NOCc1c(F)c(F)c(F)c(F)c1F)C(=O)O[Si](C)(C)C. The molecule has 4 nitrogen and oxygen atoms in total. The van der Waals surface area contributed by atoms with Gasteiger partial charge in [0.05, 0.1) is 5.56 Å². The smallest absolute Gasteiger partial charge is 0.342 e. The van der Waals surface area contributed by atoms with Gasteiger partial charge in [-0.2, -0.15) is 0 Å². The van der Waals surface area contributed by atoms with Crippen LogP contribution in [-0.4, -0.2) is 20.0 Å². The van der Waals surface area contributed by atoms with E-state index < -0.39 is 55.5 Å². The molecule has 0 heterocycles. The Balaban J connectivity index is 3.00. The maximum absolute atomic E-state index is 13.6. The van der Waals surface area contributed by atoms with Gasteiger partial charge in [-0.05, 0) is 26.1 Å². The molecule has 0 fully saturated rings. The first kappa shape index (κ1) is 22.1. The number of benzene rings is 1. The summed E-state index contributed by atoms with van der Waals surface area (Å²) in [6.45, 7) is 6.17. The predicted molar refractivity (Wildman–Crippen MR) is 87.4 cm³/mol. The molecular weight excluding hydrogens is 377 g/mol. The lowest BCUT2D eigenvalue weighted by atomic mass is 10.2. The summed E-state index contributed by atoms with van der Waals surface area (Å²) < 4.78 is 71.7. The number of rotatable bonds is 8. The number of hydrogen-bond acceptors (Lipinski definition) is 4. The molecule has 0 unspecified atom stereocenters. The van der Waals surface area contributed by atoms with Gasteiger partial charge in [0, 0.05) is 6.42 Å². The minimum absolute atomic E-state index is 0.113. The molecule has 146 valence electrons. The van der Waals surface area contributed by atoms with E-state index in [1.165, 1.54) is 0 Å². The summed E-state index contributed by atoms with van der Waals surface area (Å²) in [4.78, 5) is 16.8. The summed E-state index contributed by atoms with van der Waals surface area (Å²) in [5, 5.41) is 3.50. The quantitative estimate of drug-likeness (QED) is 0.158. The van der Waals surface area contributed by atoms with E-state index in [1.807, 2.05) is 6.92 Å². The van der Waals surface area contributed by atoms with Crippen LogP contribution in [0.1, 0.15) is 31.7 Å². The van der Waals surface area contributed by atoms with Crippen molar-refractivity contribution in [1.82, 2.24) is 0 Å². The fraction of sp³-hybridized carbons (Fsp3) is 0.500. The molecule has 0 aliphatic carbocycles. The summed E-state index contributed by atoms with van der Waals surface area (Å²) in [5.41, 5.74) is -1.28. The Morgan fingerprint density at radius 2 is 1.46 bits per heavy atom. The minimum atomic E-state index is -2.26. The molecule has 1 aromatic rings. The Labute approximate surface area is 149 Å². The Kier molecular flexibility index (Phi) is 7.73. The van der Waals surface area contributed by atoms with Crippen LogP contribution >= 0.6 is 0 Å². The van der Waals surface area contributed by atoms with Gasteiger partial charge in [0.1, 0.15) is 6.61 Å².